The summed E-state index contributed by atoms with van der Waals surface area (Å²) in [6.45, 7) is 3.47. The van der Waals surface area contributed by atoms with Crippen molar-refractivity contribution in [2.45, 2.75) is 52.0 Å². The molecular weight excluding hydrogens is 366 g/mol. The Labute approximate surface area is 163 Å². The van der Waals surface area contributed by atoms with Gasteiger partial charge in [-0.15, -0.1) is 0 Å². The highest BCUT2D eigenvalue weighted by Crippen LogP contribution is 2.22. The Morgan fingerprint density at radius 2 is 1.85 bits per heavy atom. The summed E-state index contributed by atoms with van der Waals surface area (Å²) in [7, 11) is 0. The average Bonchev–Trinajstić information content (AvgIpc) is 2.94. The van der Waals surface area contributed by atoms with Crippen LogP contribution in [0.25, 0.3) is 5.69 Å². The van der Waals surface area contributed by atoms with Gasteiger partial charge in [0.1, 0.15) is 0 Å². The minimum absolute atomic E-state index is 0.205. The van der Waals surface area contributed by atoms with Crippen LogP contribution in [0.15, 0.2) is 24.3 Å². The summed E-state index contributed by atoms with van der Waals surface area (Å²) >= 11 is 6.18. The number of benzene rings is 1. The van der Waals surface area contributed by atoms with Gasteiger partial charge < -0.3 is 10.1 Å². The van der Waals surface area contributed by atoms with Gasteiger partial charge in [-0.1, -0.05) is 30.9 Å². The summed E-state index contributed by atoms with van der Waals surface area (Å²) < 4.78 is 6.86. The SMILES string of the molecule is Cc1nn(-c2ccc(C(=O)OCC(=O)NC3CCCCC3)cc2)c(C)c1Cl. The minimum Gasteiger partial charge on any atom is -0.452 e. The molecule has 1 heterocycles. The number of halogens is 1. The molecule has 1 aliphatic rings. The zero-order valence-corrected chi connectivity index (χ0v) is 16.4. The number of hydrogen-bond acceptors (Lipinski definition) is 4. The lowest BCUT2D eigenvalue weighted by Crippen LogP contribution is -2.38. The van der Waals surface area contributed by atoms with Crippen LogP contribution in [0.2, 0.25) is 5.02 Å². The third kappa shape index (κ3) is 4.69. The molecule has 1 amide bonds. The number of aromatic nitrogens is 2. The summed E-state index contributed by atoms with van der Waals surface area (Å²) in [5.41, 5.74) is 2.77. The highest BCUT2D eigenvalue weighted by Gasteiger charge is 2.17. The number of nitrogens with one attached hydrogen (secondary N) is 1. The molecule has 6 nitrogen and oxygen atoms in total. The van der Waals surface area contributed by atoms with E-state index in [0.29, 0.717) is 10.6 Å². The second-order valence-electron chi connectivity index (χ2n) is 6.92. The molecule has 27 heavy (non-hydrogen) atoms. The van der Waals surface area contributed by atoms with Crippen molar-refractivity contribution in [2.24, 2.45) is 0 Å². The van der Waals surface area contributed by atoms with Gasteiger partial charge in [0.2, 0.25) is 0 Å². The Morgan fingerprint density at radius 3 is 2.44 bits per heavy atom. The molecule has 1 fully saturated rings. The first-order chi connectivity index (χ1) is 13.0. The first kappa shape index (κ1) is 19.4. The van der Waals surface area contributed by atoms with Crippen molar-refractivity contribution in [3.8, 4) is 5.69 Å². The number of aryl methyl sites for hydroxylation is 1. The molecule has 0 unspecified atom stereocenters. The molecule has 3 rings (SSSR count). The van der Waals surface area contributed by atoms with Gasteiger partial charge in [-0.3, -0.25) is 4.79 Å². The summed E-state index contributed by atoms with van der Waals surface area (Å²) in [4.78, 5) is 24.1. The maximum Gasteiger partial charge on any atom is 0.338 e. The van der Waals surface area contributed by atoms with Crippen molar-refractivity contribution >= 4 is 23.5 Å². The van der Waals surface area contributed by atoms with Crippen molar-refractivity contribution in [2.75, 3.05) is 6.61 Å². The van der Waals surface area contributed by atoms with Gasteiger partial charge in [-0.2, -0.15) is 5.10 Å². The quantitative estimate of drug-likeness (QED) is 0.790. The number of ether oxygens (including phenoxy) is 1. The van der Waals surface area contributed by atoms with Crippen LogP contribution < -0.4 is 5.32 Å². The molecule has 1 saturated carbocycles. The van der Waals surface area contributed by atoms with E-state index in [2.05, 4.69) is 10.4 Å². The van der Waals surface area contributed by atoms with E-state index in [1.807, 2.05) is 13.8 Å². The Balaban J connectivity index is 1.55. The monoisotopic (exact) mass is 389 g/mol. The van der Waals surface area contributed by atoms with E-state index in [1.165, 1.54) is 6.42 Å². The van der Waals surface area contributed by atoms with Gasteiger partial charge in [0.25, 0.3) is 5.91 Å². The van der Waals surface area contributed by atoms with Crippen molar-refractivity contribution in [3.63, 3.8) is 0 Å². The Kier molecular flexibility index (Phi) is 6.16. The fraction of sp³-hybridized carbons (Fsp3) is 0.450. The molecule has 1 aliphatic carbocycles. The van der Waals surface area contributed by atoms with Gasteiger partial charge in [0.05, 0.1) is 27.7 Å². The zero-order chi connectivity index (χ0) is 19.4. The summed E-state index contributed by atoms with van der Waals surface area (Å²) in [5, 5.41) is 7.94. The highest BCUT2D eigenvalue weighted by molar-refractivity contribution is 6.31. The zero-order valence-electron chi connectivity index (χ0n) is 15.6. The van der Waals surface area contributed by atoms with Crippen LogP contribution in [0.3, 0.4) is 0 Å². The minimum atomic E-state index is -0.522. The molecule has 0 bridgehead atoms. The third-order valence-electron chi connectivity index (χ3n) is 4.86. The molecular formula is C20H24ClN3O3. The number of esters is 1. The number of rotatable bonds is 5. The summed E-state index contributed by atoms with van der Waals surface area (Å²) in [6.07, 6.45) is 5.49. The lowest BCUT2D eigenvalue weighted by atomic mass is 9.95. The number of hydrogen-bond donors (Lipinski definition) is 1. The maximum absolute atomic E-state index is 12.2. The highest BCUT2D eigenvalue weighted by atomic mass is 35.5. The Morgan fingerprint density at radius 1 is 1.19 bits per heavy atom. The van der Waals surface area contributed by atoms with Gasteiger partial charge in [-0.25, -0.2) is 9.48 Å². The van der Waals surface area contributed by atoms with Crippen molar-refractivity contribution < 1.29 is 14.3 Å². The van der Waals surface area contributed by atoms with E-state index in [0.717, 1.165) is 42.8 Å². The second-order valence-corrected chi connectivity index (χ2v) is 7.30. The van der Waals surface area contributed by atoms with E-state index in [9.17, 15) is 9.59 Å². The van der Waals surface area contributed by atoms with Gasteiger partial charge in [0, 0.05) is 6.04 Å². The Bertz CT molecular complexity index is 824. The predicted molar refractivity (Wildman–Crippen MR) is 103 cm³/mol. The molecule has 0 atom stereocenters. The third-order valence-corrected chi connectivity index (χ3v) is 5.40. The van der Waals surface area contributed by atoms with Crippen LogP contribution >= 0.6 is 11.6 Å². The normalized spacial score (nSPS) is 14.8. The molecule has 0 radical (unpaired) electrons. The second kappa shape index (κ2) is 8.57. The van der Waals surface area contributed by atoms with Gasteiger partial charge in [-0.05, 0) is 51.0 Å². The van der Waals surface area contributed by atoms with E-state index in [-0.39, 0.29) is 18.6 Å². The molecule has 7 heteroatoms. The largest absolute Gasteiger partial charge is 0.452 e. The summed E-state index contributed by atoms with van der Waals surface area (Å²) in [5.74, 6) is -0.768. The Hall–Kier alpha value is -2.34. The molecule has 1 aromatic heterocycles. The van der Waals surface area contributed by atoms with Crippen LogP contribution in [0.4, 0.5) is 0 Å². The van der Waals surface area contributed by atoms with Crippen LogP contribution in [0, 0.1) is 13.8 Å². The van der Waals surface area contributed by atoms with Crippen LogP contribution in [0.1, 0.15) is 53.8 Å². The number of amides is 1. The topological polar surface area (TPSA) is 73.2 Å². The van der Waals surface area contributed by atoms with E-state index >= 15 is 0 Å². The summed E-state index contributed by atoms with van der Waals surface area (Å²) in [6, 6.07) is 7.06. The maximum atomic E-state index is 12.2. The van der Waals surface area contributed by atoms with Crippen molar-refractivity contribution in [1.82, 2.24) is 15.1 Å². The number of carbonyl (C=O) groups excluding carboxylic acids is 2. The molecule has 1 N–H and O–H groups in total. The predicted octanol–water partition coefficient (Wildman–Crippen LogP) is 3.75. The van der Waals surface area contributed by atoms with E-state index in [4.69, 9.17) is 16.3 Å². The molecule has 0 saturated heterocycles. The standard InChI is InChI=1S/C20H24ClN3O3/c1-13-19(21)14(2)24(23-13)17-10-8-15(9-11-17)20(26)27-12-18(25)22-16-6-4-3-5-7-16/h8-11,16H,3-7,12H2,1-2H3,(H,22,25). The van der Waals surface area contributed by atoms with Crippen molar-refractivity contribution in [3.05, 3.63) is 46.2 Å². The molecule has 2 aromatic rings. The van der Waals surface area contributed by atoms with E-state index in [1.54, 1.807) is 28.9 Å². The smallest absolute Gasteiger partial charge is 0.338 e. The van der Waals surface area contributed by atoms with Crippen LogP contribution in [0.5, 0.6) is 0 Å². The first-order valence-corrected chi connectivity index (χ1v) is 9.62. The van der Waals surface area contributed by atoms with Gasteiger partial charge >= 0.3 is 5.97 Å². The fourth-order valence-electron chi connectivity index (χ4n) is 3.34. The van der Waals surface area contributed by atoms with Crippen LogP contribution in [-0.2, 0) is 9.53 Å². The molecule has 1 aromatic carbocycles. The molecule has 144 valence electrons. The molecule has 0 aliphatic heterocycles. The molecule has 0 spiro atoms. The average molecular weight is 390 g/mol. The lowest BCUT2D eigenvalue weighted by molar-refractivity contribution is -0.125. The fourth-order valence-corrected chi connectivity index (χ4v) is 3.46. The number of nitrogens with zero attached hydrogens (tertiary/aromatic N) is 2. The lowest BCUT2D eigenvalue weighted by Gasteiger charge is -2.22. The van der Waals surface area contributed by atoms with Crippen molar-refractivity contribution in [1.29, 1.82) is 0 Å². The van der Waals surface area contributed by atoms with Crippen LogP contribution in [-0.4, -0.2) is 34.3 Å². The first-order valence-electron chi connectivity index (χ1n) is 9.24. The van der Waals surface area contributed by atoms with Gasteiger partial charge in [0.15, 0.2) is 6.61 Å². The number of carbonyl (C=O) groups is 2. The van der Waals surface area contributed by atoms with E-state index < -0.39 is 5.97 Å².